The number of primary sulfonamides is 1. The Balaban J connectivity index is 2.03. The van der Waals surface area contributed by atoms with Gasteiger partial charge in [0.1, 0.15) is 5.69 Å². The Morgan fingerprint density at radius 1 is 1.11 bits per heavy atom. The van der Waals surface area contributed by atoms with E-state index in [1.165, 1.54) is 29.7 Å². The molecule has 0 aliphatic rings. The number of nitrogens with zero attached hydrogens (tertiary/aromatic N) is 1. The maximum atomic E-state index is 11.4. The van der Waals surface area contributed by atoms with Crippen LogP contribution in [0.3, 0.4) is 0 Å². The largest absolute Gasteiger partial charge is 0.438 e. The molecule has 0 aliphatic carbocycles. The predicted molar refractivity (Wildman–Crippen MR) is 101 cm³/mol. The monoisotopic (exact) mass is 422 g/mol. The summed E-state index contributed by atoms with van der Waals surface area (Å²) in [6.07, 6.45) is 0. The molecule has 0 saturated heterocycles. The summed E-state index contributed by atoms with van der Waals surface area (Å²) in [6.45, 7) is -0.0811. The lowest BCUT2D eigenvalue weighted by Gasteiger charge is -2.03. The standard InChI is InChI=1S/C17H15ClN4O5S/c18-12-5-1-10(2-6-12)15-16(27-14(21-15)9-20-17(23)22-24)11-3-7-13(8-4-11)28(19,25)26/h1-8,24H,9H2,(H2,19,25,26)(H2,20,22,23). The summed E-state index contributed by atoms with van der Waals surface area (Å²) in [5.41, 5.74) is 3.18. The molecular weight excluding hydrogens is 408 g/mol. The first-order chi connectivity index (χ1) is 13.3. The minimum atomic E-state index is -3.82. The van der Waals surface area contributed by atoms with E-state index in [4.69, 9.17) is 26.4 Å². The summed E-state index contributed by atoms with van der Waals surface area (Å²) in [7, 11) is -3.82. The van der Waals surface area contributed by atoms with Crippen LogP contribution in [0.4, 0.5) is 4.79 Å². The first-order valence-electron chi connectivity index (χ1n) is 7.85. The molecule has 0 bridgehead atoms. The zero-order valence-electron chi connectivity index (χ0n) is 14.2. The zero-order chi connectivity index (χ0) is 20.3. The van der Waals surface area contributed by atoms with Gasteiger partial charge in [0.05, 0.1) is 11.4 Å². The van der Waals surface area contributed by atoms with Gasteiger partial charge in [-0.25, -0.2) is 28.8 Å². The third-order valence-corrected chi connectivity index (χ3v) is 4.92. The highest BCUT2D eigenvalue weighted by Crippen LogP contribution is 2.33. The average molecular weight is 423 g/mol. The molecular formula is C17H15ClN4O5S. The highest BCUT2D eigenvalue weighted by atomic mass is 35.5. The van der Waals surface area contributed by atoms with Crippen LogP contribution >= 0.6 is 11.6 Å². The van der Waals surface area contributed by atoms with Gasteiger partial charge in [0, 0.05) is 16.1 Å². The number of hydrogen-bond donors (Lipinski definition) is 4. The molecule has 1 aromatic heterocycles. The third-order valence-electron chi connectivity index (χ3n) is 3.74. The topological polar surface area (TPSA) is 148 Å². The number of amides is 2. The normalized spacial score (nSPS) is 11.2. The van der Waals surface area contributed by atoms with Crippen molar-refractivity contribution in [2.24, 2.45) is 5.14 Å². The van der Waals surface area contributed by atoms with Crippen LogP contribution in [0.25, 0.3) is 22.6 Å². The van der Waals surface area contributed by atoms with Crippen LogP contribution < -0.4 is 15.9 Å². The summed E-state index contributed by atoms with van der Waals surface area (Å²) < 4.78 is 28.6. The van der Waals surface area contributed by atoms with Gasteiger partial charge >= 0.3 is 6.03 Å². The first kappa shape index (κ1) is 19.8. The second-order valence-corrected chi connectivity index (χ2v) is 7.65. The van der Waals surface area contributed by atoms with Crippen LogP contribution in [0, 0.1) is 0 Å². The molecule has 5 N–H and O–H groups in total. The maximum Gasteiger partial charge on any atom is 0.338 e. The molecule has 0 fully saturated rings. The van der Waals surface area contributed by atoms with Crippen LogP contribution in [0.5, 0.6) is 0 Å². The SMILES string of the molecule is NS(=O)(=O)c1ccc(-c2oc(CNC(=O)NO)nc2-c2ccc(Cl)cc2)cc1. The molecule has 11 heteroatoms. The van der Waals surface area contributed by atoms with Gasteiger partial charge in [0.2, 0.25) is 15.9 Å². The van der Waals surface area contributed by atoms with Gasteiger partial charge in [0.25, 0.3) is 0 Å². The van der Waals surface area contributed by atoms with Gasteiger partial charge in [-0.1, -0.05) is 23.7 Å². The Bertz CT molecular complexity index is 1100. The fourth-order valence-corrected chi connectivity index (χ4v) is 3.07. The number of aromatic nitrogens is 1. The smallest absolute Gasteiger partial charge is 0.338 e. The molecule has 28 heavy (non-hydrogen) atoms. The quantitative estimate of drug-likeness (QED) is 0.366. The highest BCUT2D eigenvalue weighted by Gasteiger charge is 2.18. The Morgan fingerprint density at radius 3 is 2.29 bits per heavy atom. The maximum absolute atomic E-state index is 11.4. The lowest BCUT2D eigenvalue weighted by molar-refractivity contribution is 0.161. The van der Waals surface area contributed by atoms with E-state index in [0.717, 1.165) is 0 Å². The number of urea groups is 1. The summed E-state index contributed by atoms with van der Waals surface area (Å²) in [5.74, 6) is 0.545. The van der Waals surface area contributed by atoms with Gasteiger partial charge in [-0.05, 0) is 36.4 Å². The molecule has 3 aromatic rings. The lowest BCUT2D eigenvalue weighted by Crippen LogP contribution is -2.32. The molecule has 0 aliphatic heterocycles. The predicted octanol–water partition coefficient (Wildman–Crippen LogP) is 2.50. The molecule has 3 rings (SSSR count). The first-order valence-corrected chi connectivity index (χ1v) is 9.77. The van der Waals surface area contributed by atoms with E-state index in [1.807, 2.05) is 0 Å². The van der Waals surface area contributed by atoms with Crippen LogP contribution in [-0.2, 0) is 16.6 Å². The molecule has 2 amide bonds. The van der Waals surface area contributed by atoms with E-state index in [0.29, 0.717) is 27.6 Å². The molecule has 0 saturated carbocycles. The van der Waals surface area contributed by atoms with Gasteiger partial charge < -0.3 is 9.73 Å². The van der Waals surface area contributed by atoms with E-state index in [1.54, 1.807) is 24.3 Å². The van der Waals surface area contributed by atoms with Crippen LogP contribution in [0.15, 0.2) is 57.8 Å². The fraction of sp³-hybridized carbons (Fsp3) is 0.0588. The number of sulfonamides is 1. The molecule has 1 heterocycles. The van der Waals surface area contributed by atoms with Gasteiger partial charge in [-0.2, -0.15) is 0 Å². The number of halogens is 1. The van der Waals surface area contributed by atoms with Crippen molar-refractivity contribution in [2.75, 3.05) is 0 Å². The number of oxazole rings is 1. The van der Waals surface area contributed by atoms with Crippen molar-refractivity contribution >= 4 is 27.7 Å². The number of hydrogen-bond acceptors (Lipinski definition) is 6. The van der Waals surface area contributed by atoms with E-state index in [-0.39, 0.29) is 17.3 Å². The molecule has 146 valence electrons. The number of carbonyl (C=O) groups is 1. The Morgan fingerprint density at radius 2 is 1.71 bits per heavy atom. The van der Waals surface area contributed by atoms with Gasteiger partial charge in [0.15, 0.2) is 5.76 Å². The Labute approximate surface area is 165 Å². The van der Waals surface area contributed by atoms with Crippen molar-refractivity contribution in [1.82, 2.24) is 15.8 Å². The van der Waals surface area contributed by atoms with Crippen LogP contribution in [0.2, 0.25) is 5.02 Å². The van der Waals surface area contributed by atoms with E-state index >= 15 is 0 Å². The van der Waals surface area contributed by atoms with Gasteiger partial charge in [-0.15, -0.1) is 0 Å². The fourth-order valence-electron chi connectivity index (χ4n) is 2.43. The zero-order valence-corrected chi connectivity index (χ0v) is 15.8. The van der Waals surface area contributed by atoms with Crippen molar-refractivity contribution < 1.29 is 22.8 Å². The molecule has 9 nitrogen and oxygen atoms in total. The van der Waals surface area contributed by atoms with Crippen LogP contribution in [0.1, 0.15) is 5.89 Å². The van der Waals surface area contributed by atoms with Crippen molar-refractivity contribution in [3.63, 3.8) is 0 Å². The third kappa shape index (κ3) is 4.49. The number of nitrogens with one attached hydrogen (secondary N) is 2. The summed E-state index contributed by atoms with van der Waals surface area (Å²) >= 11 is 5.93. The van der Waals surface area contributed by atoms with Crippen molar-refractivity contribution in [2.45, 2.75) is 11.4 Å². The number of nitrogens with two attached hydrogens (primary N) is 1. The minimum Gasteiger partial charge on any atom is -0.438 e. The van der Waals surface area contributed by atoms with E-state index in [2.05, 4.69) is 10.3 Å². The molecule has 0 unspecified atom stereocenters. The number of rotatable bonds is 5. The molecule has 0 spiro atoms. The lowest BCUT2D eigenvalue weighted by atomic mass is 10.1. The summed E-state index contributed by atoms with van der Waals surface area (Å²) in [6, 6.07) is 11.9. The van der Waals surface area contributed by atoms with E-state index < -0.39 is 16.1 Å². The van der Waals surface area contributed by atoms with Crippen LogP contribution in [-0.4, -0.2) is 24.6 Å². The van der Waals surface area contributed by atoms with Crippen molar-refractivity contribution in [1.29, 1.82) is 0 Å². The van der Waals surface area contributed by atoms with E-state index in [9.17, 15) is 13.2 Å². The molecule has 0 radical (unpaired) electrons. The number of hydroxylamine groups is 1. The average Bonchev–Trinajstić information content (AvgIpc) is 3.10. The Kier molecular flexibility index (Phi) is 5.66. The second-order valence-electron chi connectivity index (χ2n) is 5.66. The van der Waals surface area contributed by atoms with Gasteiger partial charge in [-0.3, -0.25) is 5.21 Å². The number of benzene rings is 2. The molecule has 2 aromatic carbocycles. The number of carbonyl (C=O) groups excluding carboxylic acids is 1. The molecule has 0 atom stereocenters. The minimum absolute atomic E-state index is 0.0367. The second kappa shape index (κ2) is 7.98. The van der Waals surface area contributed by atoms with Crippen molar-refractivity contribution in [3.8, 4) is 22.6 Å². The summed E-state index contributed by atoms with van der Waals surface area (Å²) in [4.78, 5) is 15.5. The van der Waals surface area contributed by atoms with Crippen molar-refractivity contribution in [3.05, 3.63) is 59.4 Å². The Hall–Kier alpha value is -2.92. The summed E-state index contributed by atoms with van der Waals surface area (Å²) in [5, 5.41) is 16.6. The highest BCUT2D eigenvalue weighted by molar-refractivity contribution is 7.89.